The van der Waals surface area contributed by atoms with E-state index in [0.717, 1.165) is 33.7 Å². The van der Waals surface area contributed by atoms with Crippen LogP contribution in [0.1, 0.15) is 17.0 Å². The van der Waals surface area contributed by atoms with Crippen molar-refractivity contribution in [2.75, 3.05) is 12.3 Å². The van der Waals surface area contributed by atoms with Crippen LogP contribution in [0.3, 0.4) is 0 Å². The van der Waals surface area contributed by atoms with Crippen LogP contribution >= 0.6 is 23.4 Å². The second-order valence-corrected chi connectivity index (χ2v) is 9.82. The first-order chi connectivity index (χ1) is 17.2. The van der Waals surface area contributed by atoms with Gasteiger partial charge in [0, 0.05) is 33.1 Å². The second-order valence-electron chi connectivity index (χ2n) is 8.28. The van der Waals surface area contributed by atoms with Crippen LogP contribution in [0.25, 0.3) is 22.2 Å². The number of carbonyl (C=O) groups excluding carboxylic acids is 1. The van der Waals surface area contributed by atoms with Crippen molar-refractivity contribution in [3.63, 3.8) is 0 Å². The minimum Gasteiger partial charge on any atom is -0.354 e. The largest absolute Gasteiger partial charge is 0.354 e. The number of halogens is 1. The van der Waals surface area contributed by atoms with Crippen molar-refractivity contribution < 1.29 is 4.79 Å². The first-order valence-corrected chi connectivity index (χ1v) is 12.9. The Morgan fingerprint density at radius 2 is 1.40 bits per heavy atom. The summed E-state index contributed by atoms with van der Waals surface area (Å²) in [6, 6.07) is 36.1. The first-order valence-electron chi connectivity index (χ1n) is 11.6. The van der Waals surface area contributed by atoms with Crippen LogP contribution in [-0.2, 0) is 4.79 Å². The van der Waals surface area contributed by atoms with Gasteiger partial charge in [-0.3, -0.25) is 4.79 Å². The Bertz CT molecular complexity index is 1380. The number of fused-ring (bicyclic) bond motifs is 1. The highest BCUT2D eigenvalue weighted by atomic mass is 35.5. The number of hydrogen-bond acceptors (Lipinski definition) is 2. The van der Waals surface area contributed by atoms with Crippen molar-refractivity contribution in [2.45, 2.75) is 10.8 Å². The molecule has 5 rings (SSSR count). The number of aromatic nitrogens is 1. The molecule has 5 heteroatoms. The molecule has 0 fully saturated rings. The van der Waals surface area contributed by atoms with Gasteiger partial charge in [-0.15, -0.1) is 11.8 Å². The third kappa shape index (κ3) is 5.29. The molecule has 0 atom stereocenters. The average Bonchev–Trinajstić information content (AvgIpc) is 3.27. The smallest absolute Gasteiger partial charge is 0.232 e. The lowest BCUT2D eigenvalue weighted by Crippen LogP contribution is -2.31. The molecule has 0 radical (unpaired) electrons. The minimum atomic E-state index is -0.333. The first kappa shape index (κ1) is 23.3. The third-order valence-corrected chi connectivity index (χ3v) is 7.34. The van der Waals surface area contributed by atoms with Gasteiger partial charge in [0.1, 0.15) is 0 Å². The van der Waals surface area contributed by atoms with Gasteiger partial charge < -0.3 is 10.3 Å². The summed E-state index contributed by atoms with van der Waals surface area (Å²) in [4.78, 5) is 18.0. The molecule has 1 heterocycles. The van der Waals surface area contributed by atoms with E-state index in [1.807, 2.05) is 91.0 Å². The zero-order chi connectivity index (χ0) is 24.0. The quantitative estimate of drug-likeness (QED) is 0.172. The zero-order valence-electron chi connectivity index (χ0n) is 19.1. The maximum absolute atomic E-state index is 13.3. The van der Waals surface area contributed by atoms with Gasteiger partial charge in [0.2, 0.25) is 5.91 Å². The second kappa shape index (κ2) is 10.9. The summed E-state index contributed by atoms with van der Waals surface area (Å²) in [5.74, 6) is 0.435. The monoisotopic (exact) mass is 496 g/mol. The lowest BCUT2D eigenvalue weighted by molar-refractivity contribution is -0.121. The Morgan fingerprint density at radius 1 is 0.800 bits per heavy atom. The summed E-state index contributed by atoms with van der Waals surface area (Å²) in [7, 11) is 0. The Morgan fingerprint density at radius 3 is 2.06 bits per heavy atom. The molecule has 0 bridgehead atoms. The fourth-order valence-electron chi connectivity index (χ4n) is 4.30. The highest BCUT2D eigenvalue weighted by Crippen LogP contribution is 2.38. The Balaban J connectivity index is 1.32. The number of carbonyl (C=O) groups is 1. The van der Waals surface area contributed by atoms with Gasteiger partial charge in [-0.05, 0) is 34.9 Å². The fraction of sp³-hybridized carbons (Fsp3) is 0.100. The molecular weight excluding hydrogens is 472 g/mol. The summed E-state index contributed by atoms with van der Waals surface area (Å²) in [5, 5.41) is 5.07. The minimum absolute atomic E-state index is 0.0138. The van der Waals surface area contributed by atoms with Gasteiger partial charge >= 0.3 is 0 Å². The van der Waals surface area contributed by atoms with Crippen molar-refractivity contribution in [1.82, 2.24) is 10.3 Å². The van der Waals surface area contributed by atoms with Crippen LogP contribution in [0.15, 0.2) is 114 Å². The number of hydrogen-bond donors (Lipinski definition) is 2. The molecule has 0 saturated heterocycles. The maximum Gasteiger partial charge on any atom is 0.232 e. The van der Waals surface area contributed by atoms with Gasteiger partial charge in [0.25, 0.3) is 0 Å². The lowest BCUT2D eigenvalue weighted by atomic mass is 9.90. The molecule has 0 aliphatic heterocycles. The maximum atomic E-state index is 13.3. The highest BCUT2D eigenvalue weighted by molar-refractivity contribution is 7.99. The molecule has 5 aromatic rings. The standard InChI is InChI=1S/C30H25ClN2OS/c31-24-17-15-23(16-18-24)28-29(25-13-7-8-14-26(25)33-28)35-20-19-32-30(34)27(21-9-3-1-4-10-21)22-11-5-2-6-12-22/h1-18,27,33H,19-20H2,(H,32,34). The molecule has 0 aliphatic rings. The van der Waals surface area contributed by atoms with Crippen LogP contribution in [0.2, 0.25) is 5.02 Å². The van der Waals surface area contributed by atoms with Gasteiger partial charge in [0.15, 0.2) is 0 Å². The Kier molecular flexibility index (Phi) is 7.22. The van der Waals surface area contributed by atoms with E-state index in [9.17, 15) is 4.79 Å². The van der Waals surface area contributed by atoms with E-state index in [2.05, 4.69) is 28.5 Å². The summed E-state index contributed by atoms with van der Waals surface area (Å²) >= 11 is 7.86. The molecule has 0 aliphatic carbocycles. The molecule has 35 heavy (non-hydrogen) atoms. The number of aromatic amines is 1. The molecule has 0 unspecified atom stereocenters. The summed E-state index contributed by atoms with van der Waals surface area (Å²) in [5.41, 5.74) is 5.24. The number of H-pyrrole nitrogens is 1. The van der Waals surface area contributed by atoms with E-state index < -0.39 is 0 Å². The van der Waals surface area contributed by atoms with Gasteiger partial charge in [-0.25, -0.2) is 0 Å². The Labute approximate surface area is 214 Å². The number of benzene rings is 4. The van der Waals surface area contributed by atoms with E-state index in [-0.39, 0.29) is 11.8 Å². The van der Waals surface area contributed by atoms with Crippen LogP contribution in [-0.4, -0.2) is 23.2 Å². The van der Waals surface area contributed by atoms with Gasteiger partial charge in [0.05, 0.1) is 11.6 Å². The summed E-state index contributed by atoms with van der Waals surface area (Å²) in [6.45, 7) is 0.569. The molecule has 3 nitrogen and oxygen atoms in total. The summed E-state index contributed by atoms with van der Waals surface area (Å²) in [6.07, 6.45) is 0. The Hall–Kier alpha value is -3.47. The molecule has 2 N–H and O–H groups in total. The molecule has 174 valence electrons. The van der Waals surface area contributed by atoms with Crippen molar-refractivity contribution in [3.8, 4) is 11.3 Å². The van der Waals surface area contributed by atoms with E-state index in [4.69, 9.17) is 11.6 Å². The van der Waals surface area contributed by atoms with Gasteiger partial charge in [-0.1, -0.05) is 103 Å². The topological polar surface area (TPSA) is 44.9 Å². The summed E-state index contributed by atoms with van der Waals surface area (Å²) < 4.78 is 0. The molecule has 1 amide bonds. The van der Waals surface area contributed by atoms with Crippen LogP contribution in [0.5, 0.6) is 0 Å². The average molecular weight is 497 g/mol. The van der Waals surface area contributed by atoms with E-state index in [1.54, 1.807) is 11.8 Å². The number of nitrogens with one attached hydrogen (secondary N) is 2. The lowest BCUT2D eigenvalue weighted by Gasteiger charge is -2.18. The van der Waals surface area contributed by atoms with Crippen molar-refractivity contribution >= 4 is 40.2 Å². The van der Waals surface area contributed by atoms with Crippen molar-refractivity contribution in [1.29, 1.82) is 0 Å². The number of rotatable bonds is 8. The van der Waals surface area contributed by atoms with Crippen LogP contribution in [0, 0.1) is 0 Å². The normalized spacial score (nSPS) is 11.1. The van der Waals surface area contributed by atoms with E-state index in [0.29, 0.717) is 11.6 Å². The fourth-order valence-corrected chi connectivity index (χ4v) is 5.48. The third-order valence-electron chi connectivity index (χ3n) is 5.97. The predicted octanol–water partition coefficient (Wildman–Crippen LogP) is 7.53. The predicted molar refractivity (Wildman–Crippen MR) is 147 cm³/mol. The molecule has 0 saturated carbocycles. The SMILES string of the molecule is O=C(NCCSc1c(-c2ccc(Cl)cc2)[nH]c2ccccc12)C(c1ccccc1)c1ccccc1. The number of para-hydroxylation sites is 1. The van der Waals surface area contributed by atoms with Gasteiger partial charge in [-0.2, -0.15) is 0 Å². The van der Waals surface area contributed by atoms with E-state index >= 15 is 0 Å². The number of amides is 1. The number of thioether (sulfide) groups is 1. The van der Waals surface area contributed by atoms with Crippen molar-refractivity contribution in [3.05, 3.63) is 125 Å². The van der Waals surface area contributed by atoms with E-state index in [1.165, 1.54) is 10.3 Å². The van der Waals surface area contributed by atoms with Crippen molar-refractivity contribution in [2.24, 2.45) is 0 Å². The molecule has 4 aromatic carbocycles. The zero-order valence-corrected chi connectivity index (χ0v) is 20.7. The highest BCUT2D eigenvalue weighted by Gasteiger charge is 2.22. The van der Waals surface area contributed by atoms with Crippen LogP contribution < -0.4 is 5.32 Å². The van der Waals surface area contributed by atoms with Crippen LogP contribution in [0.4, 0.5) is 0 Å². The molecular formula is C30H25ClN2OS. The molecule has 0 spiro atoms. The molecule has 1 aromatic heterocycles.